The number of carbonyl (C=O) groups excluding carboxylic acids is 2. The van der Waals surface area contributed by atoms with Gasteiger partial charge in [0, 0.05) is 17.6 Å². The van der Waals surface area contributed by atoms with E-state index in [0.717, 1.165) is 10.0 Å². The molecule has 2 aromatic carbocycles. The zero-order chi connectivity index (χ0) is 23.0. The van der Waals surface area contributed by atoms with Crippen LogP contribution < -0.4 is 10.1 Å². The van der Waals surface area contributed by atoms with Crippen LogP contribution in [0.4, 0.5) is 0 Å². The first-order valence-corrected chi connectivity index (χ1v) is 11.5. The fourth-order valence-electron chi connectivity index (χ4n) is 3.04. The van der Waals surface area contributed by atoms with Crippen LogP contribution in [0.3, 0.4) is 0 Å². The molecule has 0 aliphatic heterocycles. The van der Waals surface area contributed by atoms with E-state index in [-0.39, 0.29) is 18.4 Å². The lowest BCUT2D eigenvalue weighted by molar-refractivity contribution is -0.142. The normalized spacial score (nSPS) is 12.0. The SMILES string of the molecule is CC(C)CNC(=O)[C@@H](C)N(Cc1cccc(Br)c1)C(=O)COc1ccc(C(C)C)cc1. The van der Waals surface area contributed by atoms with Crippen LogP contribution in [0.2, 0.25) is 0 Å². The maximum atomic E-state index is 13.1. The highest BCUT2D eigenvalue weighted by Crippen LogP contribution is 2.19. The molecule has 0 saturated heterocycles. The number of amides is 2. The average molecular weight is 489 g/mol. The van der Waals surface area contributed by atoms with Crippen LogP contribution >= 0.6 is 15.9 Å². The Morgan fingerprint density at radius 3 is 2.29 bits per heavy atom. The van der Waals surface area contributed by atoms with Crippen molar-refractivity contribution in [3.63, 3.8) is 0 Å². The lowest BCUT2D eigenvalue weighted by Crippen LogP contribution is -2.49. The second-order valence-corrected chi connectivity index (χ2v) is 9.39. The van der Waals surface area contributed by atoms with Gasteiger partial charge in [0.05, 0.1) is 0 Å². The molecule has 31 heavy (non-hydrogen) atoms. The van der Waals surface area contributed by atoms with E-state index in [1.807, 2.05) is 62.4 Å². The zero-order valence-corrected chi connectivity index (χ0v) is 20.6. The van der Waals surface area contributed by atoms with E-state index in [0.29, 0.717) is 30.7 Å². The minimum absolute atomic E-state index is 0.128. The van der Waals surface area contributed by atoms with Crippen molar-refractivity contribution in [1.82, 2.24) is 10.2 Å². The molecular formula is C25H33BrN2O3. The minimum Gasteiger partial charge on any atom is -0.484 e. The molecule has 1 atom stereocenters. The molecule has 0 heterocycles. The van der Waals surface area contributed by atoms with Crippen LogP contribution in [0.25, 0.3) is 0 Å². The molecule has 5 nitrogen and oxygen atoms in total. The number of hydrogen-bond donors (Lipinski definition) is 1. The summed E-state index contributed by atoms with van der Waals surface area (Å²) in [7, 11) is 0. The van der Waals surface area contributed by atoms with Crippen LogP contribution in [0.1, 0.15) is 51.7 Å². The van der Waals surface area contributed by atoms with Crippen molar-refractivity contribution < 1.29 is 14.3 Å². The largest absolute Gasteiger partial charge is 0.484 e. The van der Waals surface area contributed by atoms with E-state index in [1.165, 1.54) is 5.56 Å². The Hall–Kier alpha value is -2.34. The van der Waals surface area contributed by atoms with Gasteiger partial charge in [-0.25, -0.2) is 0 Å². The number of halogens is 1. The zero-order valence-electron chi connectivity index (χ0n) is 19.0. The maximum absolute atomic E-state index is 13.1. The van der Waals surface area contributed by atoms with Crippen molar-refractivity contribution in [3.8, 4) is 5.75 Å². The monoisotopic (exact) mass is 488 g/mol. The second kappa shape index (κ2) is 11.9. The lowest BCUT2D eigenvalue weighted by atomic mass is 10.0. The van der Waals surface area contributed by atoms with Gasteiger partial charge in [-0.3, -0.25) is 9.59 Å². The molecule has 0 unspecified atom stereocenters. The van der Waals surface area contributed by atoms with Crippen LogP contribution in [0.5, 0.6) is 5.75 Å². The Labute approximate surface area is 194 Å². The van der Waals surface area contributed by atoms with Gasteiger partial charge >= 0.3 is 0 Å². The van der Waals surface area contributed by atoms with Crippen LogP contribution in [-0.2, 0) is 16.1 Å². The average Bonchev–Trinajstić information content (AvgIpc) is 2.74. The van der Waals surface area contributed by atoms with E-state index in [4.69, 9.17) is 4.74 Å². The summed E-state index contributed by atoms with van der Waals surface area (Å²) >= 11 is 3.47. The Kier molecular flexibility index (Phi) is 9.56. The third kappa shape index (κ3) is 8.02. The van der Waals surface area contributed by atoms with Crippen molar-refractivity contribution in [3.05, 3.63) is 64.1 Å². The van der Waals surface area contributed by atoms with Crippen molar-refractivity contribution in [2.45, 2.75) is 53.1 Å². The molecule has 0 aromatic heterocycles. The molecule has 2 aromatic rings. The summed E-state index contributed by atoms with van der Waals surface area (Å²) in [5, 5.41) is 2.92. The quantitative estimate of drug-likeness (QED) is 0.503. The number of nitrogens with zero attached hydrogens (tertiary/aromatic N) is 1. The summed E-state index contributed by atoms with van der Waals surface area (Å²) in [6.45, 7) is 10.8. The number of benzene rings is 2. The number of hydrogen-bond acceptors (Lipinski definition) is 3. The van der Waals surface area contributed by atoms with Gasteiger partial charge in [0.15, 0.2) is 6.61 Å². The molecule has 0 saturated carbocycles. The van der Waals surface area contributed by atoms with E-state index < -0.39 is 6.04 Å². The van der Waals surface area contributed by atoms with Crippen molar-refractivity contribution in [2.75, 3.05) is 13.2 Å². The molecule has 0 aliphatic rings. The lowest BCUT2D eigenvalue weighted by Gasteiger charge is -2.29. The van der Waals surface area contributed by atoms with E-state index in [1.54, 1.807) is 11.8 Å². The van der Waals surface area contributed by atoms with E-state index >= 15 is 0 Å². The van der Waals surface area contributed by atoms with Gasteiger partial charge in [0.25, 0.3) is 5.91 Å². The smallest absolute Gasteiger partial charge is 0.261 e. The summed E-state index contributed by atoms with van der Waals surface area (Å²) in [5.41, 5.74) is 2.15. The first-order valence-electron chi connectivity index (χ1n) is 10.7. The van der Waals surface area contributed by atoms with Crippen molar-refractivity contribution in [2.24, 2.45) is 5.92 Å². The third-order valence-electron chi connectivity index (χ3n) is 5.00. The highest BCUT2D eigenvalue weighted by molar-refractivity contribution is 9.10. The minimum atomic E-state index is -0.614. The maximum Gasteiger partial charge on any atom is 0.261 e. The second-order valence-electron chi connectivity index (χ2n) is 8.48. The molecule has 1 N–H and O–H groups in total. The number of nitrogens with one attached hydrogen (secondary N) is 1. The van der Waals surface area contributed by atoms with Gasteiger partial charge in [-0.15, -0.1) is 0 Å². The Morgan fingerprint density at radius 2 is 1.71 bits per heavy atom. The number of rotatable bonds is 10. The van der Waals surface area contributed by atoms with E-state index in [2.05, 4.69) is 35.1 Å². The summed E-state index contributed by atoms with van der Waals surface area (Å²) < 4.78 is 6.67. The van der Waals surface area contributed by atoms with Gasteiger partial charge in [-0.2, -0.15) is 0 Å². The molecule has 0 spiro atoms. The molecule has 0 aliphatic carbocycles. The van der Waals surface area contributed by atoms with Crippen LogP contribution in [-0.4, -0.2) is 35.9 Å². The highest BCUT2D eigenvalue weighted by atomic mass is 79.9. The molecule has 2 rings (SSSR count). The number of carbonyl (C=O) groups is 2. The van der Waals surface area contributed by atoms with Gasteiger partial charge in [0.2, 0.25) is 5.91 Å². The summed E-state index contributed by atoms with van der Waals surface area (Å²) in [5.74, 6) is 1.000. The molecule has 0 radical (unpaired) electrons. The Bertz CT molecular complexity index is 865. The summed E-state index contributed by atoms with van der Waals surface area (Å²) in [4.78, 5) is 27.3. The fraction of sp³-hybridized carbons (Fsp3) is 0.440. The molecule has 6 heteroatoms. The van der Waals surface area contributed by atoms with E-state index in [9.17, 15) is 9.59 Å². The predicted molar refractivity (Wildman–Crippen MR) is 128 cm³/mol. The highest BCUT2D eigenvalue weighted by Gasteiger charge is 2.26. The Morgan fingerprint density at radius 1 is 1.03 bits per heavy atom. The van der Waals surface area contributed by atoms with Crippen molar-refractivity contribution in [1.29, 1.82) is 0 Å². The standard InChI is InChI=1S/C25H33BrN2O3/c1-17(2)14-27-25(30)19(5)28(15-20-7-6-8-22(26)13-20)24(29)16-31-23-11-9-21(10-12-23)18(3)4/h6-13,17-19H,14-16H2,1-5H3,(H,27,30)/t19-/m1/s1. The molecule has 168 valence electrons. The third-order valence-corrected chi connectivity index (χ3v) is 5.50. The molecular weight excluding hydrogens is 456 g/mol. The number of ether oxygens (including phenoxy) is 1. The topological polar surface area (TPSA) is 58.6 Å². The molecule has 0 fully saturated rings. The van der Waals surface area contributed by atoms with Crippen LogP contribution in [0.15, 0.2) is 53.0 Å². The first kappa shape index (κ1) is 24.9. The van der Waals surface area contributed by atoms with Gasteiger partial charge < -0.3 is 15.0 Å². The predicted octanol–water partition coefficient (Wildman–Crippen LogP) is 5.14. The fourth-order valence-corrected chi connectivity index (χ4v) is 3.49. The first-order chi connectivity index (χ1) is 14.7. The molecule has 2 amide bonds. The van der Waals surface area contributed by atoms with Crippen molar-refractivity contribution >= 4 is 27.7 Å². The summed E-state index contributed by atoms with van der Waals surface area (Å²) in [6.07, 6.45) is 0. The Balaban J connectivity index is 2.11. The van der Waals surface area contributed by atoms with Gasteiger partial charge in [0.1, 0.15) is 11.8 Å². The summed E-state index contributed by atoms with van der Waals surface area (Å²) in [6, 6.07) is 14.9. The van der Waals surface area contributed by atoms with Gasteiger partial charge in [-0.1, -0.05) is 67.9 Å². The van der Waals surface area contributed by atoms with Crippen LogP contribution in [0, 0.1) is 5.92 Å². The van der Waals surface area contributed by atoms with Gasteiger partial charge in [-0.05, 0) is 54.2 Å². The molecule has 0 bridgehead atoms.